The lowest BCUT2D eigenvalue weighted by atomic mass is 10.0. The van der Waals surface area contributed by atoms with Gasteiger partial charge in [0.15, 0.2) is 5.96 Å². The molecule has 29 heavy (non-hydrogen) atoms. The third-order valence-electron chi connectivity index (χ3n) is 5.63. The number of nitrogens with one attached hydrogen (secondary N) is 2. The van der Waals surface area contributed by atoms with Crippen LogP contribution in [0, 0.1) is 5.41 Å². The number of pyridine rings is 1. The summed E-state index contributed by atoms with van der Waals surface area (Å²) >= 11 is 6.07. The number of aliphatic imine (C=N–C) groups is 1. The predicted molar refractivity (Wildman–Crippen MR) is 108 cm³/mol. The van der Waals surface area contributed by atoms with Crippen molar-refractivity contribution < 1.29 is 17.9 Å². The Morgan fingerprint density at radius 2 is 2.21 bits per heavy atom. The van der Waals surface area contributed by atoms with Crippen molar-refractivity contribution in [2.24, 2.45) is 10.4 Å². The summed E-state index contributed by atoms with van der Waals surface area (Å²) < 4.78 is 43.6. The number of nitrogens with zero attached hydrogens (tertiary/aromatic N) is 3. The van der Waals surface area contributed by atoms with Gasteiger partial charge in [-0.2, -0.15) is 13.2 Å². The summed E-state index contributed by atoms with van der Waals surface area (Å²) in [6.45, 7) is 2.85. The van der Waals surface area contributed by atoms with Gasteiger partial charge in [0.05, 0.1) is 10.6 Å². The molecule has 3 rings (SSSR count). The first kappa shape index (κ1) is 22.0. The lowest BCUT2D eigenvalue weighted by Gasteiger charge is -2.22. The van der Waals surface area contributed by atoms with Crippen molar-refractivity contribution in [2.45, 2.75) is 37.9 Å². The van der Waals surface area contributed by atoms with E-state index >= 15 is 0 Å². The predicted octanol–water partition coefficient (Wildman–Crippen LogP) is 3.31. The van der Waals surface area contributed by atoms with Crippen LogP contribution in [0.15, 0.2) is 17.3 Å². The molecule has 2 aliphatic rings. The molecule has 6 nitrogen and oxygen atoms in total. The Hall–Kier alpha value is -1.74. The fourth-order valence-electron chi connectivity index (χ4n) is 3.56. The summed E-state index contributed by atoms with van der Waals surface area (Å²) in [5.74, 6) is 1.11. The maximum atomic E-state index is 12.8. The zero-order valence-corrected chi connectivity index (χ0v) is 17.4. The maximum absolute atomic E-state index is 12.8. The minimum atomic E-state index is -4.45. The van der Waals surface area contributed by atoms with Crippen molar-refractivity contribution in [1.29, 1.82) is 0 Å². The SMILES string of the molecule is CN=C(NCC1(CCOC)CC1)NC1CCN(c2ncc(C(F)(F)F)cc2Cl)C1. The van der Waals surface area contributed by atoms with E-state index < -0.39 is 11.7 Å². The van der Waals surface area contributed by atoms with Crippen LogP contribution >= 0.6 is 11.6 Å². The van der Waals surface area contributed by atoms with Crippen molar-refractivity contribution in [3.8, 4) is 0 Å². The van der Waals surface area contributed by atoms with Crippen molar-refractivity contribution in [1.82, 2.24) is 15.6 Å². The molecular formula is C19H27ClF3N5O. The van der Waals surface area contributed by atoms with Gasteiger partial charge < -0.3 is 20.3 Å². The Balaban J connectivity index is 1.53. The lowest BCUT2D eigenvalue weighted by Crippen LogP contribution is -2.46. The molecule has 1 saturated carbocycles. The van der Waals surface area contributed by atoms with Gasteiger partial charge in [0.2, 0.25) is 0 Å². The minimum Gasteiger partial charge on any atom is -0.385 e. The molecule has 0 bridgehead atoms. The fourth-order valence-corrected chi connectivity index (χ4v) is 3.84. The Bertz CT molecular complexity index is 739. The van der Waals surface area contributed by atoms with Gasteiger partial charge in [-0.25, -0.2) is 4.98 Å². The second kappa shape index (κ2) is 8.95. The second-order valence-corrected chi connectivity index (χ2v) is 8.18. The van der Waals surface area contributed by atoms with E-state index in [-0.39, 0.29) is 11.1 Å². The third kappa shape index (κ3) is 5.66. The molecule has 1 unspecified atom stereocenters. The van der Waals surface area contributed by atoms with Crippen LogP contribution < -0.4 is 15.5 Å². The quantitative estimate of drug-likeness (QED) is 0.510. The van der Waals surface area contributed by atoms with Gasteiger partial charge in [-0.15, -0.1) is 0 Å². The number of anilines is 1. The summed E-state index contributed by atoms with van der Waals surface area (Å²) in [5.41, 5.74) is -0.542. The standard InChI is InChI=1S/C19H27ClF3N5O/c1-24-17(26-12-18(4-5-18)6-8-29-2)27-14-3-7-28(11-14)16-15(20)9-13(10-25-16)19(21,22)23/h9-10,14H,3-8,11-12H2,1-2H3,(H2,24,26,27). The van der Waals surface area contributed by atoms with E-state index in [2.05, 4.69) is 20.6 Å². The summed E-state index contributed by atoms with van der Waals surface area (Å²) in [6, 6.07) is 1.04. The van der Waals surface area contributed by atoms with Gasteiger partial charge in [-0.05, 0) is 37.2 Å². The molecule has 10 heteroatoms. The fraction of sp³-hybridized carbons (Fsp3) is 0.684. The van der Waals surface area contributed by atoms with Gasteiger partial charge >= 0.3 is 6.18 Å². The van der Waals surface area contributed by atoms with E-state index in [1.165, 1.54) is 12.8 Å². The number of hydrogen-bond donors (Lipinski definition) is 2. The van der Waals surface area contributed by atoms with Crippen molar-refractivity contribution in [3.05, 3.63) is 22.8 Å². The van der Waals surface area contributed by atoms with Crippen LogP contribution in [-0.4, -0.2) is 57.4 Å². The molecule has 2 heterocycles. The molecular weight excluding hydrogens is 407 g/mol. The van der Waals surface area contributed by atoms with E-state index in [9.17, 15) is 13.2 Å². The average Bonchev–Trinajstić information content (AvgIpc) is 3.31. The van der Waals surface area contributed by atoms with Crippen LogP contribution in [0.3, 0.4) is 0 Å². The topological polar surface area (TPSA) is 61.8 Å². The molecule has 1 aliphatic heterocycles. The first-order valence-corrected chi connectivity index (χ1v) is 10.1. The van der Waals surface area contributed by atoms with Crippen LogP contribution in [-0.2, 0) is 10.9 Å². The highest BCUT2D eigenvalue weighted by Gasteiger charge is 2.42. The normalized spacial score (nSPS) is 21.4. The van der Waals surface area contributed by atoms with Crippen LogP contribution in [0.2, 0.25) is 5.02 Å². The lowest BCUT2D eigenvalue weighted by molar-refractivity contribution is -0.137. The van der Waals surface area contributed by atoms with Gasteiger partial charge in [0.25, 0.3) is 0 Å². The zero-order valence-electron chi connectivity index (χ0n) is 16.7. The Labute approximate surface area is 173 Å². The van der Waals surface area contributed by atoms with E-state index in [4.69, 9.17) is 16.3 Å². The Morgan fingerprint density at radius 1 is 1.45 bits per heavy atom. The number of alkyl halides is 3. The highest BCUT2D eigenvalue weighted by molar-refractivity contribution is 6.33. The van der Waals surface area contributed by atoms with Crippen molar-refractivity contribution in [2.75, 3.05) is 45.3 Å². The number of aromatic nitrogens is 1. The molecule has 0 amide bonds. The van der Waals surface area contributed by atoms with Crippen molar-refractivity contribution in [3.63, 3.8) is 0 Å². The molecule has 162 valence electrons. The van der Waals surface area contributed by atoms with Gasteiger partial charge in [-0.1, -0.05) is 11.6 Å². The van der Waals surface area contributed by atoms with E-state index in [1.54, 1.807) is 14.2 Å². The summed E-state index contributed by atoms with van der Waals surface area (Å²) in [6.07, 6.45) is 0.602. The number of hydrogen-bond acceptors (Lipinski definition) is 4. The first-order valence-electron chi connectivity index (χ1n) is 9.70. The van der Waals surface area contributed by atoms with E-state index in [1.807, 2.05) is 4.90 Å². The molecule has 1 saturated heterocycles. The first-order chi connectivity index (χ1) is 13.8. The number of methoxy groups -OCH3 is 1. The number of halogens is 4. The highest BCUT2D eigenvalue weighted by Crippen LogP contribution is 2.48. The van der Waals surface area contributed by atoms with E-state index in [0.717, 1.165) is 44.2 Å². The highest BCUT2D eigenvalue weighted by atomic mass is 35.5. The molecule has 1 aromatic rings. The number of guanidine groups is 1. The molecule has 1 atom stereocenters. The van der Waals surface area contributed by atoms with Crippen LogP contribution in [0.1, 0.15) is 31.2 Å². The third-order valence-corrected chi connectivity index (χ3v) is 5.90. The molecule has 0 aromatic carbocycles. The average molecular weight is 434 g/mol. The van der Waals surface area contributed by atoms with E-state index in [0.29, 0.717) is 24.3 Å². The van der Waals surface area contributed by atoms with Crippen LogP contribution in [0.5, 0.6) is 0 Å². The van der Waals surface area contributed by atoms with Crippen LogP contribution in [0.25, 0.3) is 0 Å². The largest absolute Gasteiger partial charge is 0.417 e. The second-order valence-electron chi connectivity index (χ2n) is 7.77. The monoisotopic (exact) mass is 433 g/mol. The number of rotatable bonds is 7. The molecule has 1 aliphatic carbocycles. The van der Waals surface area contributed by atoms with Gasteiger partial charge in [-0.3, -0.25) is 4.99 Å². The Morgan fingerprint density at radius 3 is 2.79 bits per heavy atom. The molecule has 2 fully saturated rings. The summed E-state index contributed by atoms with van der Waals surface area (Å²) in [5, 5.41) is 6.80. The molecule has 0 radical (unpaired) electrons. The maximum Gasteiger partial charge on any atom is 0.417 e. The number of ether oxygens (including phenoxy) is 1. The molecule has 0 spiro atoms. The molecule has 2 N–H and O–H groups in total. The smallest absolute Gasteiger partial charge is 0.385 e. The van der Waals surface area contributed by atoms with Gasteiger partial charge in [0.1, 0.15) is 5.82 Å². The zero-order chi connectivity index (χ0) is 21.1. The molecule has 1 aromatic heterocycles. The minimum absolute atomic E-state index is 0.0109. The van der Waals surface area contributed by atoms with Crippen LogP contribution in [0.4, 0.5) is 19.0 Å². The summed E-state index contributed by atoms with van der Waals surface area (Å²) in [4.78, 5) is 10.1. The Kier molecular flexibility index (Phi) is 6.78. The van der Waals surface area contributed by atoms with Gasteiger partial charge in [0, 0.05) is 52.6 Å². The van der Waals surface area contributed by atoms with Crippen molar-refractivity contribution >= 4 is 23.4 Å². The summed E-state index contributed by atoms with van der Waals surface area (Å²) in [7, 11) is 3.44.